The molecule has 1 aromatic heterocycles. The number of methoxy groups -OCH3 is 1. The van der Waals surface area contributed by atoms with Gasteiger partial charge in [0.05, 0.1) is 12.8 Å². The van der Waals surface area contributed by atoms with E-state index < -0.39 is 0 Å². The van der Waals surface area contributed by atoms with Crippen molar-refractivity contribution in [2.45, 2.75) is 6.42 Å². The van der Waals surface area contributed by atoms with Gasteiger partial charge in [-0.2, -0.15) is 4.98 Å². The molecule has 0 aliphatic heterocycles. The normalized spacial score (nSPS) is 10.7. The van der Waals surface area contributed by atoms with E-state index in [9.17, 15) is 0 Å². The van der Waals surface area contributed by atoms with Gasteiger partial charge in [-0.05, 0) is 51.3 Å². The molecule has 0 amide bonds. The monoisotopic (exact) mass is 335 g/mol. The highest BCUT2D eigenvalue weighted by Gasteiger charge is 2.06. The van der Waals surface area contributed by atoms with Crippen molar-refractivity contribution in [3.8, 4) is 5.75 Å². The van der Waals surface area contributed by atoms with E-state index in [0.717, 1.165) is 25.2 Å². The molecule has 0 radical (unpaired) electrons. The summed E-state index contributed by atoms with van der Waals surface area (Å²) < 4.78 is 5.32. The number of halogens is 1. The molecule has 1 heterocycles. The largest absolute Gasteiger partial charge is 0.495 e. The summed E-state index contributed by atoms with van der Waals surface area (Å²) in [6.45, 7) is 1.84. The van der Waals surface area contributed by atoms with Crippen LogP contribution in [0.5, 0.6) is 5.75 Å². The molecule has 6 nitrogen and oxygen atoms in total. The van der Waals surface area contributed by atoms with Crippen molar-refractivity contribution in [1.29, 1.82) is 0 Å². The van der Waals surface area contributed by atoms with Crippen molar-refractivity contribution < 1.29 is 4.74 Å². The fraction of sp³-hybridized carbons (Fsp3) is 0.375. The molecule has 0 aliphatic rings. The highest BCUT2D eigenvalue weighted by atomic mass is 35.5. The average Bonchev–Trinajstić information content (AvgIpc) is 2.52. The molecule has 0 atom stereocenters. The fourth-order valence-corrected chi connectivity index (χ4v) is 2.20. The molecule has 2 rings (SSSR count). The maximum atomic E-state index is 6.04. The number of nitrogens with one attached hydrogen (secondary N) is 2. The molecule has 1 aromatic carbocycles. The molecular weight excluding hydrogens is 314 g/mol. The SMILES string of the molecule is COc1ccc(Cl)cc1Nc1ccnc(NCCCN(C)C)n1. The van der Waals surface area contributed by atoms with Crippen molar-refractivity contribution in [2.75, 3.05) is 44.9 Å². The van der Waals surface area contributed by atoms with Crippen LogP contribution in [0.3, 0.4) is 0 Å². The smallest absolute Gasteiger partial charge is 0.224 e. The van der Waals surface area contributed by atoms with E-state index in [0.29, 0.717) is 22.5 Å². The lowest BCUT2D eigenvalue weighted by molar-refractivity contribution is 0.405. The molecule has 124 valence electrons. The minimum absolute atomic E-state index is 0.592. The topological polar surface area (TPSA) is 62.3 Å². The van der Waals surface area contributed by atoms with Crippen LogP contribution in [0.2, 0.25) is 5.02 Å². The Bertz CT molecular complexity index is 636. The van der Waals surface area contributed by atoms with Gasteiger partial charge in [0.1, 0.15) is 11.6 Å². The third-order valence-corrected chi connectivity index (χ3v) is 3.38. The summed E-state index contributed by atoms with van der Waals surface area (Å²) in [6.07, 6.45) is 2.73. The Morgan fingerprint density at radius 2 is 2.09 bits per heavy atom. The van der Waals surface area contributed by atoms with Gasteiger partial charge in [0.2, 0.25) is 5.95 Å². The minimum atomic E-state index is 0.592. The van der Waals surface area contributed by atoms with Crippen molar-refractivity contribution in [3.05, 3.63) is 35.5 Å². The van der Waals surface area contributed by atoms with E-state index in [1.165, 1.54) is 0 Å². The highest BCUT2D eigenvalue weighted by molar-refractivity contribution is 6.31. The third kappa shape index (κ3) is 5.58. The summed E-state index contributed by atoms with van der Waals surface area (Å²) in [5.74, 6) is 1.97. The Balaban J connectivity index is 2.01. The summed E-state index contributed by atoms with van der Waals surface area (Å²) in [5.41, 5.74) is 0.761. The average molecular weight is 336 g/mol. The number of rotatable bonds is 8. The van der Waals surface area contributed by atoms with Gasteiger partial charge < -0.3 is 20.3 Å². The predicted molar refractivity (Wildman–Crippen MR) is 95.0 cm³/mol. The van der Waals surface area contributed by atoms with Gasteiger partial charge in [-0.15, -0.1) is 0 Å². The van der Waals surface area contributed by atoms with Crippen LogP contribution >= 0.6 is 11.6 Å². The molecule has 7 heteroatoms. The van der Waals surface area contributed by atoms with Crippen molar-refractivity contribution in [3.63, 3.8) is 0 Å². The van der Waals surface area contributed by atoms with Crippen LogP contribution in [0.15, 0.2) is 30.5 Å². The number of hydrogen-bond acceptors (Lipinski definition) is 6. The molecule has 0 spiro atoms. The Morgan fingerprint density at radius 3 is 2.83 bits per heavy atom. The zero-order valence-electron chi connectivity index (χ0n) is 13.6. The second-order valence-electron chi connectivity index (χ2n) is 5.32. The summed E-state index contributed by atoms with van der Waals surface area (Å²) in [6, 6.07) is 7.19. The van der Waals surface area contributed by atoms with E-state index in [1.54, 1.807) is 31.5 Å². The fourth-order valence-electron chi connectivity index (χ4n) is 2.02. The number of hydrogen-bond donors (Lipinski definition) is 2. The van der Waals surface area contributed by atoms with Gasteiger partial charge in [0, 0.05) is 17.8 Å². The first kappa shape index (κ1) is 17.3. The number of ether oxygens (including phenoxy) is 1. The Labute approximate surface area is 141 Å². The molecule has 2 N–H and O–H groups in total. The first-order valence-electron chi connectivity index (χ1n) is 7.40. The number of anilines is 3. The third-order valence-electron chi connectivity index (χ3n) is 3.15. The maximum absolute atomic E-state index is 6.04. The molecular formula is C16H22ClN5O. The summed E-state index contributed by atoms with van der Waals surface area (Å²) in [5, 5.41) is 7.05. The summed E-state index contributed by atoms with van der Waals surface area (Å²) >= 11 is 6.04. The first-order valence-corrected chi connectivity index (χ1v) is 7.78. The van der Waals surface area contributed by atoms with Crippen LogP contribution < -0.4 is 15.4 Å². The standard InChI is InChI=1S/C16H22ClN5O/c1-22(2)10-4-8-18-16-19-9-7-15(21-16)20-13-11-12(17)5-6-14(13)23-3/h5-7,9,11H,4,8,10H2,1-3H3,(H2,18,19,20,21). The van der Waals surface area contributed by atoms with Crippen molar-refractivity contribution >= 4 is 29.1 Å². The summed E-state index contributed by atoms with van der Waals surface area (Å²) in [7, 11) is 5.73. The zero-order chi connectivity index (χ0) is 16.7. The minimum Gasteiger partial charge on any atom is -0.495 e. The second-order valence-corrected chi connectivity index (χ2v) is 5.76. The lowest BCUT2D eigenvalue weighted by atomic mass is 10.3. The Hall–Kier alpha value is -2.05. The molecule has 0 unspecified atom stereocenters. The molecule has 0 fully saturated rings. The van der Waals surface area contributed by atoms with E-state index in [-0.39, 0.29) is 0 Å². The van der Waals surface area contributed by atoms with E-state index in [2.05, 4.69) is 39.6 Å². The van der Waals surface area contributed by atoms with Crippen LogP contribution in [-0.2, 0) is 0 Å². The molecule has 0 bridgehead atoms. The first-order chi connectivity index (χ1) is 11.1. The lowest BCUT2D eigenvalue weighted by Gasteiger charge is -2.12. The van der Waals surface area contributed by atoms with Gasteiger partial charge in [-0.1, -0.05) is 11.6 Å². The van der Waals surface area contributed by atoms with E-state index in [1.807, 2.05) is 6.07 Å². The quantitative estimate of drug-likeness (QED) is 0.722. The van der Waals surface area contributed by atoms with Gasteiger partial charge in [-0.3, -0.25) is 0 Å². The molecule has 2 aromatic rings. The Morgan fingerprint density at radius 1 is 1.26 bits per heavy atom. The van der Waals surface area contributed by atoms with Gasteiger partial charge in [0.15, 0.2) is 0 Å². The van der Waals surface area contributed by atoms with Gasteiger partial charge in [0.25, 0.3) is 0 Å². The van der Waals surface area contributed by atoms with Crippen LogP contribution in [0.1, 0.15) is 6.42 Å². The van der Waals surface area contributed by atoms with Crippen LogP contribution in [0.25, 0.3) is 0 Å². The maximum Gasteiger partial charge on any atom is 0.224 e. The highest BCUT2D eigenvalue weighted by Crippen LogP contribution is 2.29. The van der Waals surface area contributed by atoms with Crippen molar-refractivity contribution in [1.82, 2.24) is 14.9 Å². The van der Waals surface area contributed by atoms with Gasteiger partial charge >= 0.3 is 0 Å². The molecule has 23 heavy (non-hydrogen) atoms. The van der Waals surface area contributed by atoms with E-state index in [4.69, 9.17) is 16.3 Å². The molecule has 0 saturated heterocycles. The van der Waals surface area contributed by atoms with E-state index >= 15 is 0 Å². The molecule has 0 aliphatic carbocycles. The van der Waals surface area contributed by atoms with Gasteiger partial charge in [-0.25, -0.2) is 4.98 Å². The van der Waals surface area contributed by atoms with Crippen LogP contribution in [0, 0.1) is 0 Å². The van der Waals surface area contributed by atoms with Crippen molar-refractivity contribution in [2.24, 2.45) is 0 Å². The second kappa shape index (κ2) is 8.55. The zero-order valence-corrected chi connectivity index (χ0v) is 14.4. The predicted octanol–water partition coefficient (Wildman–Crippen LogP) is 3.25. The summed E-state index contributed by atoms with van der Waals surface area (Å²) in [4.78, 5) is 10.8. The number of nitrogens with zero attached hydrogens (tertiary/aromatic N) is 3. The number of aromatic nitrogens is 2. The molecule has 0 saturated carbocycles. The number of benzene rings is 1. The van der Waals surface area contributed by atoms with Crippen LogP contribution in [-0.4, -0.2) is 49.2 Å². The Kier molecular flexibility index (Phi) is 6.43. The van der Waals surface area contributed by atoms with Crippen LogP contribution in [0.4, 0.5) is 17.5 Å². The lowest BCUT2D eigenvalue weighted by Crippen LogP contribution is -2.17.